The molecule has 130 valence electrons. The molecule has 2 aromatic rings. The Balaban J connectivity index is 1.32. The molecule has 7 heteroatoms. The van der Waals surface area contributed by atoms with Crippen molar-refractivity contribution in [3.05, 3.63) is 54.1 Å². The number of hydrogen-bond donors (Lipinski definition) is 0. The van der Waals surface area contributed by atoms with Crippen molar-refractivity contribution in [2.45, 2.75) is 25.2 Å². The van der Waals surface area contributed by atoms with E-state index >= 15 is 0 Å². The molecule has 0 N–H and O–H groups in total. The van der Waals surface area contributed by atoms with E-state index in [2.05, 4.69) is 20.1 Å². The molecule has 0 unspecified atom stereocenters. The summed E-state index contributed by atoms with van der Waals surface area (Å²) in [6, 6.07) is 7.94. The number of pyridine rings is 1. The van der Waals surface area contributed by atoms with Crippen molar-refractivity contribution < 1.29 is 9.53 Å². The molecule has 7 nitrogen and oxygen atoms in total. The smallest absolute Gasteiger partial charge is 0.255 e. The average Bonchev–Trinajstić information content (AvgIpc) is 3.09. The quantitative estimate of drug-likeness (QED) is 0.827. The topological polar surface area (TPSA) is 71.5 Å². The number of ether oxygens (including phenoxy) is 1. The highest BCUT2D eigenvalue weighted by Crippen LogP contribution is 2.25. The molecule has 4 rings (SSSR count). The Kier molecular flexibility index (Phi) is 4.67. The van der Waals surface area contributed by atoms with Crippen LogP contribution in [-0.2, 0) is 11.3 Å². The number of aromatic nitrogens is 3. The number of amides is 1. The van der Waals surface area contributed by atoms with E-state index in [1.165, 1.54) is 6.20 Å². The van der Waals surface area contributed by atoms with Crippen LogP contribution >= 0.6 is 0 Å². The Labute approximate surface area is 146 Å². The molecule has 2 aromatic heterocycles. The minimum absolute atomic E-state index is 0.0346. The first-order valence-corrected chi connectivity index (χ1v) is 8.61. The fourth-order valence-electron chi connectivity index (χ4n) is 3.59. The lowest BCUT2D eigenvalue weighted by Gasteiger charge is -2.37. The van der Waals surface area contributed by atoms with Crippen LogP contribution in [0.3, 0.4) is 0 Å². The first-order valence-electron chi connectivity index (χ1n) is 8.61. The van der Waals surface area contributed by atoms with Crippen LogP contribution in [-0.4, -0.2) is 69.2 Å². The number of hydrogen-bond acceptors (Lipinski definition) is 6. The number of carbonyl (C=O) groups is 1. The second-order valence-electron chi connectivity index (χ2n) is 6.52. The molecule has 4 heterocycles. The first-order chi connectivity index (χ1) is 12.3. The third-order valence-corrected chi connectivity index (χ3v) is 4.89. The van der Waals surface area contributed by atoms with Crippen LogP contribution < -0.4 is 0 Å². The highest BCUT2D eigenvalue weighted by Gasteiger charge is 2.38. The van der Waals surface area contributed by atoms with Gasteiger partial charge in [0.15, 0.2) is 0 Å². The Bertz CT molecular complexity index is 712. The first kappa shape index (κ1) is 16.1. The zero-order valence-corrected chi connectivity index (χ0v) is 14.0. The van der Waals surface area contributed by atoms with E-state index in [-0.39, 0.29) is 12.0 Å². The monoisotopic (exact) mass is 339 g/mol. The van der Waals surface area contributed by atoms with Crippen LogP contribution in [0.15, 0.2) is 42.9 Å². The van der Waals surface area contributed by atoms with E-state index in [1.807, 2.05) is 23.1 Å². The van der Waals surface area contributed by atoms with Crippen LogP contribution in [0.2, 0.25) is 0 Å². The highest BCUT2D eigenvalue weighted by molar-refractivity contribution is 5.93. The minimum Gasteiger partial charge on any atom is -0.371 e. The summed E-state index contributed by atoms with van der Waals surface area (Å²) < 4.78 is 6.04. The fourth-order valence-corrected chi connectivity index (χ4v) is 3.59. The largest absolute Gasteiger partial charge is 0.371 e. The molecule has 2 saturated heterocycles. The van der Waals surface area contributed by atoms with Gasteiger partial charge in [0, 0.05) is 38.4 Å². The van der Waals surface area contributed by atoms with E-state index in [9.17, 15) is 4.79 Å². The fraction of sp³-hybridized carbons (Fsp3) is 0.444. The van der Waals surface area contributed by atoms with Crippen molar-refractivity contribution in [2.75, 3.05) is 26.2 Å². The van der Waals surface area contributed by atoms with Crippen LogP contribution in [0.5, 0.6) is 0 Å². The Hall–Kier alpha value is -2.38. The number of carbonyl (C=O) groups excluding carboxylic acids is 1. The van der Waals surface area contributed by atoms with Gasteiger partial charge in [0.2, 0.25) is 0 Å². The van der Waals surface area contributed by atoms with Crippen molar-refractivity contribution >= 4 is 5.91 Å². The number of fused-ring (bicyclic) bond motifs is 1. The van der Waals surface area contributed by atoms with Gasteiger partial charge in [0.05, 0.1) is 36.4 Å². The van der Waals surface area contributed by atoms with Gasteiger partial charge in [-0.15, -0.1) is 0 Å². The lowest BCUT2D eigenvalue weighted by molar-refractivity contribution is 0.0435. The summed E-state index contributed by atoms with van der Waals surface area (Å²) in [5.74, 6) is 0.0346. The highest BCUT2D eigenvalue weighted by atomic mass is 16.5. The summed E-state index contributed by atoms with van der Waals surface area (Å²) in [6.45, 7) is 3.83. The second kappa shape index (κ2) is 7.25. The van der Waals surface area contributed by atoms with Crippen molar-refractivity contribution in [3.63, 3.8) is 0 Å². The molecule has 2 fully saturated rings. The molecule has 0 radical (unpaired) electrons. The maximum atomic E-state index is 12.6. The van der Waals surface area contributed by atoms with Crippen molar-refractivity contribution in [2.24, 2.45) is 0 Å². The molecule has 2 aliphatic heterocycles. The summed E-state index contributed by atoms with van der Waals surface area (Å²) >= 11 is 0. The predicted octanol–water partition coefficient (Wildman–Crippen LogP) is 0.987. The van der Waals surface area contributed by atoms with E-state index in [0.29, 0.717) is 18.2 Å². The summed E-state index contributed by atoms with van der Waals surface area (Å²) in [6.07, 6.45) is 6.02. The van der Waals surface area contributed by atoms with Gasteiger partial charge in [0.1, 0.15) is 0 Å². The van der Waals surface area contributed by atoms with Gasteiger partial charge in [-0.1, -0.05) is 6.07 Å². The summed E-state index contributed by atoms with van der Waals surface area (Å²) in [5.41, 5.74) is 1.55. The standard InChI is InChI=1S/C18H21N5O2/c24-18(14-4-6-20-21-10-14)23-8-7-22-12-17(9-16(22)11-23)25-13-15-3-1-2-5-19-15/h1-6,10,16-17H,7-9,11-13H2/t16-,17+/m0/s1. The molecule has 1 amide bonds. The van der Waals surface area contributed by atoms with E-state index in [1.54, 1.807) is 18.5 Å². The molecule has 25 heavy (non-hydrogen) atoms. The van der Waals surface area contributed by atoms with E-state index in [0.717, 1.165) is 38.3 Å². The van der Waals surface area contributed by atoms with Crippen LogP contribution in [0.25, 0.3) is 0 Å². The molecular formula is C18H21N5O2. The van der Waals surface area contributed by atoms with Gasteiger partial charge >= 0.3 is 0 Å². The van der Waals surface area contributed by atoms with Gasteiger partial charge in [-0.3, -0.25) is 14.7 Å². The lowest BCUT2D eigenvalue weighted by Crippen LogP contribution is -2.52. The summed E-state index contributed by atoms with van der Waals surface area (Å²) in [4.78, 5) is 21.2. The molecule has 0 bridgehead atoms. The van der Waals surface area contributed by atoms with Crippen LogP contribution in [0.1, 0.15) is 22.5 Å². The summed E-state index contributed by atoms with van der Waals surface area (Å²) in [7, 11) is 0. The average molecular weight is 339 g/mol. The van der Waals surface area contributed by atoms with Crippen LogP contribution in [0, 0.1) is 0 Å². The van der Waals surface area contributed by atoms with Gasteiger partial charge in [-0.2, -0.15) is 10.2 Å². The number of piperazine rings is 1. The minimum atomic E-state index is 0.0346. The molecule has 2 atom stereocenters. The second-order valence-corrected chi connectivity index (χ2v) is 6.52. The molecule has 0 spiro atoms. The van der Waals surface area contributed by atoms with Gasteiger partial charge < -0.3 is 9.64 Å². The third kappa shape index (κ3) is 3.67. The molecular weight excluding hydrogens is 318 g/mol. The predicted molar refractivity (Wildman–Crippen MR) is 90.7 cm³/mol. The number of rotatable bonds is 4. The van der Waals surface area contributed by atoms with E-state index in [4.69, 9.17) is 4.74 Å². The molecule has 0 aromatic carbocycles. The van der Waals surface area contributed by atoms with Gasteiger partial charge in [-0.05, 0) is 24.6 Å². The Morgan fingerprint density at radius 3 is 2.92 bits per heavy atom. The maximum absolute atomic E-state index is 12.6. The number of nitrogens with zero attached hydrogens (tertiary/aromatic N) is 5. The summed E-state index contributed by atoms with van der Waals surface area (Å²) in [5, 5.41) is 7.53. The van der Waals surface area contributed by atoms with Gasteiger partial charge in [0.25, 0.3) is 5.91 Å². The third-order valence-electron chi connectivity index (χ3n) is 4.89. The molecule has 0 saturated carbocycles. The van der Waals surface area contributed by atoms with Crippen LogP contribution in [0.4, 0.5) is 0 Å². The lowest BCUT2D eigenvalue weighted by atomic mass is 10.1. The van der Waals surface area contributed by atoms with Gasteiger partial charge in [-0.25, -0.2) is 0 Å². The Morgan fingerprint density at radius 2 is 2.12 bits per heavy atom. The maximum Gasteiger partial charge on any atom is 0.255 e. The van der Waals surface area contributed by atoms with E-state index < -0.39 is 0 Å². The zero-order chi connectivity index (χ0) is 17.1. The SMILES string of the molecule is O=C(c1ccnnc1)N1CCN2C[C@H](OCc3ccccn3)C[C@H]2C1. The Morgan fingerprint density at radius 1 is 1.16 bits per heavy atom. The van der Waals surface area contributed by atoms with Crippen molar-refractivity contribution in [1.82, 2.24) is 25.0 Å². The molecule has 0 aliphatic carbocycles. The zero-order valence-electron chi connectivity index (χ0n) is 14.0. The van der Waals surface area contributed by atoms with Crippen molar-refractivity contribution in [3.8, 4) is 0 Å². The molecule has 2 aliphatic rings. The van der Waals surface area contributed by atoms with Crippen molar-refractivity contribution in [1.29, 1.82) is 0 Å². The normalized spacial score (nSPS) is 23.4.